The average molecular weight is 437 g/mol. The number of nitrogens with zero attached hydrogens (tertiary/aromatic N) is 3. The number of piperidine rings is 1. The van der Waals surface area contributed by atoms with Crippen molar-refractivity contribution in [2.75, 3.05) is 31.5 Å². The topological polar surface area (TPSA) is 82.6 Å². The number of carbonyl (C=O) groups excluding carboxylic acids is 3. The van der Waals surface area contributed by atoms with Gasteiger partial charge >= 0.3 is 0 Å². The van der Waals surface area contributed by atoms with Gasteiger partial charge in [0.25, 0.3) is 0 Å². The van der Waals surface area contributed by atoms with Crippen molar-refractivity contribution in [1.82, 2.24) is 14.8 Å². The van der Waals surface area contributed by atoms with Crippen LogP contribution in [0.1, 0.15) is 38.5 Å². The molecule has 3 heterocycles. The Hall–Kier alpha value is -1.96. The molecule has 7 nitrogen and oxygen atoms in total. The van der Waals surface area contributed by atoms with Crippen molar-refractivity contribution < 1.29 is 14.4 Å². The molecule has 0 unspecified atom stereocenters. The molecule has 1 aromatic heterocycles. The van der Waals surface area contributed by atoms with E-state index in [9.17, 15) is 14.4 Å². The van der Waals surface area contributed by atoms with Crippen molar-refractivity contribution in [2.24, 2.45) is 5.92 Å². The minimum Gasteiger partial charge on any atom is -0.341 e. The maximum Gasteiger partial charge on any atom is 0.242 e. The molecule has 0 aromatic carbocycles. The van der Waals surface area contributed by atoms with Gasteiger partial charge in [0.1, 0.15) is 5.82 Å². The van der Waals surface area contributed by atoms with Gasteiger partial charge < -0.3 is 15.1 Å². The van der Waals surface area contributed by atoms with Crippen LogP contribution in [-0.4, -0.2) is 58.7 Å². The SMILES string of the molecule is O=C(Nc1ccc(Br)cn1)C1CCN(C(=O)CN2CCCCCC2=O)CC1. The summed E-state index contributed by atoms with van der Waals surface area (Å²) in [6.07, 6.45) is 6.36. The van der Waals surface area contributed by atoms with Crippen LogP contribution in [0.15, 0.2) is 22.8 Å². The lowest BCUT2D eigenvalue weighted by atomic mass is 9.96. The molecule has 27 heavy (non-hydrogen) atoms. The van der Waals surface area contributed by atoms with Crippen LogP contribution in [0.3, 0.4) is 0 Å². The Kier molecular flexibility index (Phi) is 6.82. The van der Waals surface area contributed by atoms with Crippen LogP contribution in [0.5, 0.6) is 0 Å². The van der Waals surface area contributed by atoms with Crippen molar-refractivity contribution in [3.63, 3.8) is 0 Å². The molecule has 3 amide bonds. The highest BCUT2D eigenvalue weighted by molar-refractivity contribution is 9.10. The van der Waals surface area contributed by atoms with E-state index >= 15 is 0 Å². The minimum atomic E-state index is -0.126. The quantitative estimate of drug-likeness (QED) is 0.785. The summed E-state index contributed by atoms with van der Waals surface area (Å²) in [5.41, 5.74) is 0. The van der Waals surface area contributed by atoms with Crippen LogP contribution in [-0.2, 0) is 14.4 Å². The maximum absolute atomic E-state index is 12.5. The molecule has 1 aromatic rings. The molecule has 3 rings (SSSR count). The van der Waals surface area contributed by atoms with Gasteiger partial charge in [-0.1, -0.05) is 6.42 Å². The van der Waals surface area contributed by atoms with Gasteiger partial charge in [0.15, 0.2) is 0 Å². The third-order valence-electron chi connectivity index (χ3n) is 5.19. The second-order valence-electron chi connectivity index (χ2n) is 7.13. The lowest BCUT2D eigenvalue weighted by molar-refractivity contribution is -0.141. The zero-order valence-corrected chi connectivity index (χ0v) is 16.9. The number of likely N-dealkylation sites (tertiary alicyclic amines) is 2. The first-order chi connectivity index (χ1) is 13.0. The van der Waals surface area contributed by atoms with E-state index in [1.165, 1.54) is 0 Å². The van der Waals surface area contributed by atoms with E-state index < -0.39 is 0 Å². The lowest BCUT2D eigenvalue weighted by Crippen LogP contribution is -2.47. The second kappa shape index (κ2) is 9.30. The smallest absolute Gasteiger partial charge is 0.242 e. The highest BCUT2D eigenvalue weighted by Crippen LogP contribution is 2.20. The summed E-state index contributed by atoms with van der Waals surface area (Å²) in [6, 6.07) is 3.58. The summed E-state index contributed by atoms with van der Waals surface area (Å²) in [6.45, 7) is 1.93. The number of hydrogen-bond donors (Lipinski definition) is 1. The summed E-state index contributed by atoms with van der Waals surface area (Å²) >= 11 is 3.31. The van der Waals surface area contributed by atoms with Crippen molar-refractivity contribution in [3.05, 3.63) is 22.8 Å². The highest BCUT2D eigenvalue weighted by Gasteiger charge is 2.29. The van der Waals surface area contributed by atoms with Crippen molar-refractivity contribution >= 4 is 39.5 Å². The predicted molar refractivity (Wildman–Crippen MR) is 105 cm³/mol. The number of aromatic nitrogens is 1. The third kappa shape index (κ3) is 5.51. The van der Waals surface area contributed by atoms with E-state index in [4.69, 9.17) is 0 Å². The van der Waals surface area contributed by atoms with Crippen LogP contribution in [0.4, 0.5) is 5.82 Å². The van der Waals surface area contributed by atoms with Crippen molar-refractivity contribution in [3.8, 4) is 0 Å². The summed E-state index contributed by atoms with van der Waals surface area (Å²) in [5, 5.41) is 2.83. The van der Waals surface area contributed by atoms with Gasteiger partial charge in [-0.25, -0.2) is 4.98 Å². The average Bonchev–Trinajstić information content (AvgIpc) is 2.88. The maximum atomic E-state index is 12.5. The molecule has 0 radical (unpaired) electrons. The van der Waals surface area contributed by atoms with Gasteiger partial charge in [0, 0.05) is 42.6 Å². The minimum absolute atomic E-state index is 0.0151. The van der Waals surface area contributed by atoms with Gasteiger partial charge in [-0.15, -0.1) is 0 Å². The fraction of sp³-hybridized carbons (Fsp3) is 0.579. The zero-order chi connectivity index (χ0) is 19.2. The van der Waals surface area contributed by atoms with Gasteiger partial charge in [0.2, 0.25) is 17.7 Å². The van der Waals surface area contributed by atoms with Crippen molar-refractivity contribution in [1.29, 1.82) is 0 Å². The number of carbonyl (C=O) groups is 3. The third-order valence-corrected chi connectivity index (χ3v) is 5.66. The molecule has 0 spiro atoms. The van der Waals surface area contributed by atoms with E-state index in [1.54, 1.807) is 22.1 Å². The van der Waals surface area contributed by atoms with Gasteiger partial charge in [-0.3, -0.25) is 14.4 Å². The molecule has 2 fully saturated rings. The standard InChI is InChI=1S/C19H25BrN4O3/c20-15-5-6-16(21-12-15)22-19(27)14-7-10-23(11-8-14)18(26)13-24-9-3-1-2-4-17(24)25/h5-6,12,14H,1-4,7-11,13H2,(H,21,22,27). The molecule has 0 atom stereocenters. The van der Waals surface area contributed by atoms with Gasteiger partial charge in [-0.05, 0) is 53.7 Å². The van der Waals surface area contributed by atoms with Crippen LogP contribution >= 0.6 is 15.9 Å². The normalized spacial score (nSPS) is 18.9. The lowest BCUT2D eigenvalue weighted by Gasteiger charge is -2.33. The monoisotopic (exact) mass is 436 g/mol. The number of pyridine rings is 1. The molecule has 0 aliphatic carbocycles. The zero-order valence-electron chi connectivity index (χ0n) is 15.3. The molecule has 2 saturated heterocycles. The fourth-order valence-corrected chi connectivity index (χ4v) is 3.77. The number of hydrogen-bond acceptors (Lipinski definition) is 4. The van der Waals surface area contributed by atoms with Crippen LogP contribution in [0.25, 0.3) is 0 Å². The fourth-order valence-electron chi connectivity index (χ4n) is 3.54. The Morgan fingerprint density at radius 2 is 1.93 bits per heavy atom. The molecule has 8 heteroatoms. The molecular formula is C19H25BrN4O3. The van der Waals surface area contributed by atoms with E-state index in [0.29, 0.717) is 44.7 Å². The number of rotatable bonds is 4. The Balaban J connectivity index is 1.46. The van der Waals surface area contributed by atoms with Crippen LogP contribution < -0.4 is 5.32 Å². The number of anilines is 1. The van der Waals surface area contributed by atoms with Gasteiger partial charge in [0.05, 0.1) is 6.54 Å². The Morgan fingerprint density at radius 3 is 2.63 bits per heavy atom. The van der Waals surface area contributed by atoms with Crippen molar-refractivity contribution in [2.45, 2.75) is 38.5 Å². The molecule has 146 valence electrons. The first-order valence-electron chi connectivity index (χ1n) is 9.51. The number of amides is 3. The van der Waals surface area contributed by atoms with E-state index in [2.05, 4.69) is 26.2 Å². The molecule has 0 bridgehead atoms. The molecule has 2 aliphatic rings. The van der Waals surface area contributed by atoms with Crippen LogP contribution in [0, 0.1) is 5.92 Å². The Labute approximate surface area is 167 Å². The molecule has 0 saturated carbocycles. The summed E-state index contributed by atoms with van der Waals surface area (Å²) in [4.78, 5) is 44.6. The summed E-state index contributed by atoms with van der Waals surface area (Å²) < 4.78 is 0.857. The van der Waals surface area contributed by atoms with Crippen LogP contribution in [0.2, 0.25) is 0 Å². The summed E-state index contributed by atoms with van der Waals surface area (Å²) in [5.74, 6) is 0.413. The highest BCUT2D eigenvalue weighted by atomic mass is 79.9. The second-order valence-corrected chi connectivity index (χ2v) is 8.05. The van der Waals surface area contributed by atoms with E-state index in [0.717, 1.165) is 23.7 Å². The van der Waals surface area contributed by atoms with E-state index in [-0.39, 0.29) is 30.2 Å². The Morgan fingerprint density at radius 1 is 1.15 bits per heavy atom. The largest absolute Gasteiger partial charge is 0.341 e. The van der Waals surface area contributed by atoms with E-state index in [1.807, 2.05) is 6.07 Å². The number of halogens is 1. The Bertz CT molecular complexity index is 687. The molecule has 1 N–H and O–H groups in total. The first kappa shape index (κ1) is 19.8. The molecular weight excluding hydrogens is 412 g/mol. The number of nitrogens with one attached hydrogen (secondary N) is 1. The first-order valence-corrected chi connectivity index (χ1v) is 10.3. The predicted octanol–water partition coefficient (Wildman–Crippen LogP) is 2.42. The summed E-state index contributed by atoms with van der Waals surface area (Å²) in [7, 11) is 0. The molecule has 2 aliphatic heterocycles. The van der Waals surface area contributed by atoms with Gasteiger partial charge in [-0.2, -0.15) is 0 Å².